The van der Waals surface area contributed by atoms with Crippen LogP contribution in [0.2, 0.25) is 0 Å². The standard InChI is InChI=1S/C15H20N4O/c1-9(2)5-12-11(6-16)13-14(15(20)18-8-17-13)19(12)7-10(3)4/h8-10H,5,7H2,1-4H3,(H,17,18,20). The van der Waals surface area contributed by atoms with E-state index in [1.54, 1.807) is 0 Å². The van der Waals surface area contributed by atoms with E-state index in [1.807, 2.05) is 4.57 Å². The van der Waals surface area contributed by atoms with Gasteiger partial charge < -0.3 is 9.55 Å². The third-order valence-corrected chi connectivity index (χ3v) is 3.21. The van der Waals surface area contributed by atoms with E-state index in [0.717, 1.165) is 18.7 Å². The van der Waals surface area contributed by atoms with E-state index in [-0.39, 0.29) is 5.56 Å². The second-order valence-electron chi connectivity index (χ2n) is 5.96. The monoisotopic (exact) mass is 272 g/mol. The van der Waals surface area contributed by atoms with Gasteiger partial charge in [-0.15, -0.1) is 0 Å². The summed E-state index contributed by atoms with van der Waals surface area (Å²) in [6.45, 7) is 9.13. The Balaban J connectivity index is 2.82. The van der Waals surface area contributed by atoms with E-state index in [9.17, 15) is 10.1 Å². The third kappa shape index (κ3) is 2.46. The predicted molar refractivity (Wildman–Crippen MR) is 78.4 cm³/mol. The molecule has 0 radical (unpaired) electrons. The summed E-state index contributed by atoms with van der Waals surface area (Å²) in [6.07, 6.45) is 2.13. The topological polar surface area (TPSA) is 74.5 Å². The van der Waals surface area contributed by atoms with Gasteiger partial charge in [-0.2, -0.15) is 5.26 Å². The minimum atomic E-state index is -0.179. The average molecular weight is 272 g/mol. The van der Waals surface area contributed by atoms with Crippen molar-refractivity contribution < 1.29 is 0 Å². The van der Waals surface area contributed by atoms with Gasteiger partial charge in [-0.3, -0.25) is 4.79 Å². The molecule has 0 aromatic carbocycles. The van der Waals surface area contributed by atoms with Crippen LogP contribution >= 0.6 is 0 Å². The van der Waals surface area contributed by atoms with Crippen molar-refractivity contribution in [3.8, 4) is 6.07 Å². The Bertz CT molecular complexity index is 716. The Morgan fingerprint density at radius 2 is 2.05 bits per heavy atom. The van der Waals surface area contributed by atoms with Crippen molar-refractivity contribution in [1.29, 1.82) is 5.26 Å². The van der Waals surface area contributed by atoms with E-state index in [0.29, 0.717) is 28.4 Å². The van der Waals surface area contributed by atoms with Crippen molar-refractivity contribution in [2.24, 2.45) is 11.8 Å². The molecule has 0 unspecified atom stereocenters. The first kappa shape index (κ1) is 14.3. The highest BCUT2D eigenvalue weighted by Crippen LogP contribution is 2.25. The first-order valence-corrected chi connectivity index (χ1v) is 6.94. The average Bonchev–Trinajstić information content (AvgIpc) is 2.63. The molecule has 0 aliphatic carbocycles. The molecule has 5 heteroatoms. The van der Waals surface area contributed by atoms with Crippen molar-refractivity contribution in [3.05, 3.63) is 27.9 Å². The van der Waals surface area contributed by atoms with E-state index >= 15 is 0 Å². The number of nitrogens with one attached hydrogen (secondary N) is 1. The molecule has 2 heterocycles. The van der Waals surface area contributed by atoms with Gasteiger partial charge in [0.15, 0.2) is 0 Å². The molecule has 2 aromatic rings. The van der Waals surface area contributed by atoms with Crippen LogP contribution in [0.25, 0.3) is 11.0 Å². The molecular weight excluding hydrogens is 252 g/mol. The number of H-pyrrole nitrogens is 1. The summed E-state index contributed by atoms with van der Waals surface area (Å²) >= 11 is 0. The normalized spacial score (nSPS) is 11.4. The van der Waals surface area contributed by atoms with Crippen LogP contribution in [0, 0.1) is 23.2 Å². The molecule has 20 heavy (non-hydrogen) atoms. The summed E-state index contributed by atoms with van der Waals surface area (Å²) in [5.74, 6) is 0.805. The predicted octanol–water partition coefficient (Wildman–Crippen LogP) is 2.45. The second-order valence-corrected chi connectivity index (χ2v) is 5.96. The molecule has 1 N–H and O–H groups in total. The lowest BCUT2D eigenvalue weighted by Gasteiger charge is -2.14. The van der Waals surface area contributed by atoms with Crippen molar-refractivity contribution in [2.45, 2.75) is 40.7 Å². The van der Waals surface area contributed by atoms with Crippen LogP contribution in [0.3, 0.4) is 0 Å². The molecule has 0 aliphatic heterocycles. The smallest absolute Gasteiger partial charge is 0.275 e. The Labute approximate surface area is 118 Å². The highest BCUT2D eigenvalue weighted by atomic mass is 16.1. The molecule has 0 bridgehead atoms. The third-order valence-electron chi connectivity index (χ3n) is 3.21. The minimum absolute atomic E-state index is 0.179. The molecule has 0 amide bonds. The first-order valence-electron chi connectivity index (χ1n) is 6.94. The zero-order valence-corrected chi connectivity index (χ0v) is 12.4. The van der Waals surface area contributed by atoms with Crippen molar-refractivity contribution in [1.82, 2.24) is 14.5 Å². The fourth-order valence-corrected chi connectivity index (χ4v) is 2.52. The van der Waals surface area contributed by atoms with Crippen LogP contribution in [-0.4, -0.2) is 14.5 Å². The van der Waals surface area contributed by atoms with Crippen LogP contribution in [0.4, 0.5) is 0 Å². The van der Waals surface area contributed by atoms with Crippen LogP contribution < -0.4 is 5.56 Å². The number of fused-ring (bicyclic) bond motifs is 1. The molecule has 2 aromatic heterocycles. The SMILES string of the molecule is CC(C)Cc1c(C#N)c2nc[nH]c(=O)c2n1CC(C)C. The van der Waals surface area contributed by atoms with Gasteiger partial charge >= 0.3 is 0 Å². The fourth-order valence-electron chi connectivity index (χ4n) is 2.52. The first-order chi connectivity index (χ1) is 9.45. The molecule has 0 saturated carbocycles. The number of hydrogen-bond donors (Lipinski definition) is 1. The molecule has 0 saturated heterocycles. The van der Waals surface area contributed by atoms with Crippen molar-refractivity contribution in [3.63, 3.8) is 0 Å². The van der Waals surface area contributed by atoms with Crippen LogP contribution in [-0.2, 0) is 13.0 Å². The Morgan fingerprint density at radius 1 is 1.35 bits per heavy atom. The molecular formula is C15H20N4O. The minimum Gasteiger partial charge on any atom is -0.337 e. The molecule has 0 atom stereocenters. The summed E-state index contributed by atoms with van der Waals surface area (Å²) in [4.78, 5) is 18.9. The van der Waals surface area contributed by atoms with Crippen LogP contribution in [0.5, 0.6) is 0 Å². The lowest BCUT2D eigenvalue weighted by molar-refractivity contribution is 0.505. The zero-order valence-electron chi connectivity index (χ0n) is 12.4. The van der Waals surface area contributed by atoms with E-state index < -0.39 is 0 Å². The van der Waals surface area contributed by atoms with Gasteiger partial charge in [0, 0.05) is 12.2 Å². The number of rotatable bonds is 4. The van der Waals surface area contributed by atoms with Gasteiger partial charge in [-0.05, 0) is 18.3 Å². The summed E-state index contributed by atoms with van der Waals surface area (Å²) < 4.78 is 1.98. The van der Waals surface area contributed by atoms with Crippen LogP contribution in [0.15, 0.2) is 11.1 Å². The summed E-state index contributed by atoms with van der Waals surface area (Å²) in [5, 5.41) is 9.45. The molecule has 0 fully saturated rings. The maximum Gasteiger partial charge on any atom is 0.275 e. The quantitative estimate of drug-likeness (QED) is 0.929. The van der Waals surface area contributed by atoms with Gasteiger partial charge in [0.25, 0.3) is 5.56 Å². The van der Waals surface area contributed by atoms with E-state index in [2.05, 4.69) is 43.7 Å². The zero-order chi connectivity index (χ0) is 14.9. The number of nitriles is 1. The van der Waals surface area contributed by atoms with Gasteiger partial charge in [-0.1, -0.05) is 27.7 Å². The highest BCUT2D eigenvalue weighted by molar-refractivity contribution is 5.83. The maximum absolute atomic E-state index is 12.1. The number of aromatic amines is 1. The van der Waals surface area contributed by atoms with Gasteiger partial charge in [0.05, 0.1) is 11.9 Å². The number of hydrogen-bond acceptors (Lipinski definition) is 3. The second kappa shape index (κ2) is 5.49. The van der Waals surface area contributed by atoms with Crippen molar-refractivity contribution in [2.75, 3.05) is 0 Å². The molecule has 0 spiro atoms. The lowest BCUT2D eigenvalue weighted by atomic mass is 10.0. The molecule has 2 rings (SSSR count). The highest BCUT2D eigenvalue weighted by Gasteiger charge is 2.21. The summed E-state index contributed by atoms with van der Waals surface area (Å²) in [6, 6.07) is 2.23. The fraction of sp³-hybridized carbons (Fsp3) is 0.533. The number of nitrogens with zero attached hydrogens (tertiary/aromatic N) is 3. The van der Waals surface area contributed by atoms with E-state index in [1.165, 1.54) is 6.33 Å². The Hall–Kier alpha value is -2.09. The summed E-state index contributed by atoms with van der Waals surface area (Å²) in [7, 11) is 0. The Morgan fingerprint density at radius 3 is 2.60 bits per heavy atom. The molecule has 0 aliphatic rings. The Kier molecular flexibility index (Phi) is 3.93. The number of aromatic nitrogens is 3. The van der Waals surface area contributed by atoms with Crippen molar-refractivity contribution >= 4 is 11.0 Å². The van der Waals surface area contributed by atoms with Gasteiger partial charge in [-0.25, -0.2) is 4.98 Å². The van der Waals surface area contributed by atoms with Gasteiger partial charge in [0.1, 0.15) is 17.1 Å². The largest absolute Gasteiger partial charge is 0.337 e. The lowest BCUT2D eigenvalue weighted by Crippen LogP contribution is -2.16. The van der Waals surface area contributed by atoms with Crippen LogP contribution in [0.1, 0.15) is 39.0 Å². The summed E-state index contributed by atoms with van der Waals surface area (Å²) in [5.41, 5.74) is 2.33. The molecule has 106 valence electrons. The maximum atomic E-state index is 12.1. The van der Waals surface area contributed by atoms with Gasteiger partial charge in [0.2, 0.25) is 0 Å². The molecule has 5 nitrogen and oxygen atoms in total. The van der Waals surface area contributed by atoms with E-state index in [4.69, 9.17) is 0 Å².